The molecule has 0 aliphatic heterocycles. The van der Waals surface area contributed by atoms with Crippen molar-refractivity contribution in [3.8, 4) is 0 Å². The van der Waals surface area contributed by atoms with Gasteiger partial charge in [-0.1, -0.05) is 6.07 Å². The average molecular weight is 405 g/mol. The molecular formula is C11H7Br2N3O4. The van der Waals surface area contributed by atoms with Crippen molar-refractivity contribution >= 4 is 37.5 Å². The van der Waals surface area contributed by atoms with E-state index in [0.717, 1.165) is 0 Å². The highest BCUT2D eigenvalue weighted by Crippen LogP contribution is 2.25. The van der Waals surface area contributed by atoms with Crippen molar-refractivity contribution in [1.82, 2.24) is 9.55 Å². The molecule has 0 unspecified atom stereocenters. The predicted molar refractivity (Wildman–Crippen MR) is 78.9 cm³/mol. The maximum Gasteiger partial charge on any atom is 0.328 e. The van der Waals surface area contributed by atoms with Crippen LogP contribution in [0.2, 0.25) is 0 Å². The zero-order valence-electron chi connectivity index (χ0n) is 9.80. The summed E-state index contributed by atoms with van der Waals surface area (Å²) in [6.07, 6.45) is 1.34. The normalized spacial score (nSPS) is 10.5. The Bertz CT molecular complexity index is 797. The van der Waals surface area contributed by atoms with Crippen molar-refractivity contribution in [1.29, 1.82) is 0 Å². The minimum absolute atomic E-state index is 0.0842. The fraction of sp³-hybridized carbons (Fsp3) is 0.0909. The third-order valence-corrected chi connectivity index (χ3v) is 3.76. The Morgan fingerprint density at radius 1 is 1.25 bits per heavy atom. The maximum atomic E-state index is 11.6. The molecule has 1 N–H and O–H groups in total. The zero-order valence-corrected chi connectivity index (χ0v) is 13.0. The molecule has 1 aromatic carbocycles. The molecule has 0 aliphatic carbocycles. The Morgan fingerprint density at radius 3 is 2.60 bits per heavy atom. The van der Waals surface area contributed by atoms with Crippen LogP contribution in [0.1, 0.15) is 5.56 Å². The third kappa shape index (κ3) is 3.05. The lowest BCUT2D eigenvalue weighted by molar-refractivity contribution is -0.385. The number of nitro groups is 1. The minimum atomic E-state index is -0.580. The van der Waals surface area contributed by atoms with E-state index in [1.165, 1.54) is 16.8 Å². The lowest BCUT2D eigenvalue weighted by atomic mass is 10.2. The summed E-state index contributed by atoms with van der Waals surface area (Å²) in [5.74, 6) is 0. The molecule has 0 saturated carbocycles. The quantitative estimate of drug-likeness (QED) is 0.624. The summed E-state index contributed by atoms with van der Waals surface area (Å²) in [6.45, 7) is 0.113. The van der Waals surface area contributed by atoms with Crippen LogP contribution in [0, 0.1) is 10.1 Å². The van der Waals surface area contributed by atoms with Crippen LogP contribution in [0.4, 0.5) is 5.69 Å². The van der Waals surface area contributed by atoms with Gasteiger partial charge in [-0.05, 0) is 43.5 Å². The van der Waals surface area contributed by atoms with Crippen LogP contribution in [-0.2, 0) is 6.54 Å². The van der Waals surface area contributed by atoms with Gasteiger partial charge in [0, 0.05) is 12.3 Å². The number of halogens is 2. The Labute approximate surface area is 128 Å². The van der Waals surface area contributed by atoms with Gasteiger partial charge in [-0.15, -0.1) is 0 Å². The molecule has 0 saturated heterocycles. The Hall–Kier alpha value is -1.74. The molecule has 0 radical (unpaired) electrons. The molecule has 0 fully saturated rings. The van der Waals surface area contributed by atoms with E-state index < -0.39 is 16.2 Å². The molecule has 1 aromatic heterocycles. The summed E-state index contributed by atoms with van der Waals surface area (Å²) in [7, 11) is 0. The van der Waals surface area contributed by atoms with Gasteiger partial charge in [0.2, 0.25) is 0 Å². The van der Waals surface area contributed by atoms with Crippen LogP contribution >= 0.6 is 31.9 Å². The van der Waals surface area contributed by atoms with Gasteiger partial charge < -0.3 is 0 Å². The van der Waals surface area contributed by atoms with Gasteiger partial charge in [0.05, 0.1) is 20.4 Å². The van der Waals surface area contributed by atoms with E-state index in [1.54, 1.807) is 12.1 Å². The molecule has 0 atom stereocenters. The number of nitrogens with one attached hydrogen (secondary N) is 1. The Morgan fingerprint density at radius 2 is 1.95 bits per heavy atom. The first kappa shape index (κ1) is 14.7. The van der Waals surface area contributed by atoms with Crippen LogP contribution in [0.15, 0.2) is 42.9 Å². The number of nitro benzene ring substituents is 1. The summed E-state index contributed by atoms with van der Waals surface area (Å²) in [6, 6.07) is 4.57. The van der Waals surface area contributed by atoms with Crippen molar-refractivity contribution in [3.05, 3.63) is 69.9 Å². The molecule has 0 aliphatic rings. The van der Waals surface area contributed by atoms with Crippen molar-refractivity contribution in [3.63, 3.8) is 0 Å². The van der Waals surface area contributed by atoms with E-state index in [0.29, 0.717) is 10.0 Å². The molecule has 0 amide bonds. The number of aromatic amines is 1. The van der Waals surface area contributed by atoms with E-state index in [4.69, 9.17) is 0 Å². The highest BCUT2D eigenvalue weighted by molar-refractivity contribution is 9.10. The fourth-order valence-electron chi connectivity index (χ4n) is 1.59. The van der Waals surface area contributed by atoms with Crippen molar-refractivity contribution < 1.29 is 4.92 Å². The summed E-state index contributed by atoms with van der Waals surface area (Å²) in [5, 5.41) is 10.8. The van der Waals surface area contributed by atoms with Crippen molar-refractivity contribution in [2.24, 2.45) is 0 Å². The first-order valence-corrected chi connectivity index (χ1v) is 6.89. The van der Waals surface area contributed by atoms with Gasteiger partial charge in [0.1, 0.15) is 0 Å². The first-order chi connectivity index (χ1) is 9.38. The van der Waals surface area contributed by atoms with E-state index in [2.05, 4.69) is 36.8 Å². The number of hydrogen-bond donors (Lipinski definition) is 1. The number of hydrogen-bond acceptors (Lipinski definition) is 4. The van der Waals surface area contributed by atoms with Gasteiger partial charge in [0.25, 0.3) is 11.2 Å². The van der Waals surface area contributed by atoms with E-state index in [1.807, 2.05) is 0 Å². The number of benzene rings is 1. The maximum absolute atomic E-state index is 11.6. The van der Waals surface area contributed by atoms with Crippen LogP contribution in [0.3, 0.4) is 0 Å². The van der Waals surface area contributed by atoms with Crippen LogP contribution in [0.5, 0.6) is 0 Å². The number of H-pyrrole nitrogens is 1. The second kappa shape index (κ2) is 5.71. The molecule has 1 heterocycles. The van der Waals surface area contributed by atoms with Gasteiger partial charge in [-0.25, -0.2) is 4.79 Å². The number of nitrogens with zero attached hydrogens (tertiary/aromatic N) is 2. The largest absolute Gasteiger partial charge is 0.328 e. The SMILES string of the molecule is O=c1[nH]c(=O)n(Cc2ccc(Br)c([N+](=O)[O-])c2)cc1Br. The van der Waals surface area contributed by atoms with Gasteiger partial charge in [-0.2, -0.15) is 0 Å². The summed E-state index contributed by atoms with van der Waals surface area (Å²) in [4.78, 5) is 35.3. The van der Waals surface area contributed by atoms with Gasteiger partial charge >= 0.3 is 5.69 Å². The predicted octanol–water partition coefficient (Wildman–Crippen LogP) is 2.02. The molecule has 2 rings (SSSR count). The Kier molecular flexibility index (Phi) is 4.19. The molecule has 7 nitrogen and oxygen atoms in total. The lowest BCUT2D eigenvalue weighted by Gasteiger charge is -2.06. The average Bonchev–Trinajstić information content (AvgIpc) is 2.37. The van der Waals surface area contributed by atoms with Crippen LogP contribution < -0.4 is 11.2 Å². The van der Waals surface area contributed by atoms with Gasteiger partial charge in [0.15, 0.2) is 0 Å². The second-order valence-electron chi connectivity index (χ2n) is 3.91. The number of rotatable bonds is 3. The molecule has 20 heavy (non-hydrogen) atoms. The second-order valence-corrected chi connectivity index (χ2v) is 5.62. The monoisotopic (exact) mass is 403 g/mol. The summed E-state index contributed by atoms with van der Waals surface area (Å²) < 4.78 is 1.82. The highest BCUT2D eigenvalue weighted by Gasteiger charge is 2.13. The molecule has 104 valence electrons. The van der Waals surface area contributed by atoms with Crippen LogP contribution in [0.25, 0.3) is 0 Å². The standard InChI is InChI=1S/C11H7Br2N3O4/c12-7-2-1-6(3-9(7)16(19)20)4-15-5-8(13)10(17)14-11(15)18/h1-3,5H,4H2,(H,14,17,18). The minimum Gasteiger partial charge on any atom is -0.295 e. The third-order valence-electron chi connectivity index (χ3n) is 2.53. The topological polar surface area (TPSA) is 98.0 Å². The molecule has 2 aromatic rings. The lowest BCUT2D eigenvalue weighted by Crippen LogP contribution is -2.30. The smallest absolute Gasteiger partial charge is 0.295 e. The van der Waals surface area contributed by atoms with E-state index in [9.17, 15) is 19.7 Å². The van der Waals surface area contributed by atoms with Crippen LogP contribution in [-0.4, -0.2) is 14.5 Å². The number of aromatic nitrogens is 2. The van der Waals surface area contributed by atoms with Crippen molar-refractivity contribution in [2.45, 2.75) is 6.54 Å². The molecular weight excluding hydrogens is 398 g/mol. The molecule has 9 heteroatoms. The van der Waals surface area contributed by atoms with Gasteiger partial charge in [-0.3, -0.25) is 24.5 Å². The Balaban J connectivity index is 2.43. The molecule has 0 spiro atoms. The summed E-state index contributed by atoms with van der Waals surface area (Å²) in [5.41, 5.74) is -0.614. The fourth-order valence-corrected chi connectivity index (χ4v) is 2.33. The summed E-state index contributed by atoms with van der Waals surface area (Å²) >= 11 is 6.11. The zero-order chi connectivity index (χ0) is 14.9. The van der Waals surface area contributed by atoms with E-state index >= 15 is 0 Å². The highest BCUT2D eigenvalue weighted by atomic mass is 79.9. The van der Waals surface area contributed by atoms with E-state index in [-0.39, 0.29) is 16.7 Å². The first-order valence-electron chi connectivity index (χ1n) is 5.30. The van der Waals surface area contributed by atoms with Crippen molar-refractivity contribution in [2.75, 3.05) is 0 Å². The molecule has 0 bridgehead atoms.